The van der Waals surface area contributed by atoms with Crippen molar-refractivity contribution in [1.82, 2.24) is 14.6 Å². The highest BCUT2D eigenvalue weighted by Gasteiger charge is 2.36. The lowest BCUT2D eigenvalue weighted by Crippen LogP contribution is -2.18. The van der Waals surface area contributed by atoms with E-state index in [1.54, 1.807) is 0 Å². The first-order valence-electron chi connectivity index (χ1n) is 8.33. The van der Waals surface area contributed by atoms with Gasteiger partial charge in [-0.15, -0.1) is 0 Å². The number of hydrogen-bond acceptors (Lipinski definition) is 4. The third-order valence-corrected chi connectivity index (χ3v) is 4.23. The molecule has 0 atom stereocenters. The first-order chi connectivity index (χ1) is 15.0. The summed E-state index contributed by atoms with van der Waals surface area (Å²) in [4.78, 5) is 16.3. The molecule has 0 aliphatic heterocycles. The quantitative estimate of drug-likeness (QED) is 0.266. The van der Waals surface area contributed by atoms with E-state index in [0.29, 0.717) is 12.3 Å². The molecule has 1 amide bonds. The van der Waals surface area contributed by atoms with Crippen LogP contribution >= 0.6 is 0 Å². The molecule has 0 fully saturated rings. The van der Waals surface area contributed by atoms with E-state index in [-0.39, 0.29) is 16.0 Å². The molecular weight excluding hydrogens is 456 g/mol. The number of rotatable bonds is 3. The molecule has 6 nitrogen and oxygen atoms in total. The first-order valence-corrected chi connectivity index (χ1v) is 8.33. The van der Waals surface area contributed by atoms with Crippen LogP contribution in [-0.4, -0.2) is 20.5 Å². The highest BCUT2D eigenvalue weighted by molar-refractivity contribution is 6.08. The summed E-state index contributed by atoms with van der Waals surface area (Å²) >= 11 is 0. The lowest BCUT2D eigenvalue weighted by atomic mass is 10.2. The van der Waals surface area contributed by atoms with Gasteiger partial charge in [0.2, 0.25) is 5.82 Å². The number of halogens is 8. The molecule has 0 aliphatic carbocycles. The molecule has 0 radical (unpaired) electrons. The molecule has 0 aliphatic rings. The number of carbonyl (C=O) groups excluding carboxylic acids is 1. The van der Waals surface area contributed by atoms with Crippen LogP contribution in [0.15, 0.2) is 35.1 Å². The summed E-state index contributed by atoms with van der Waals surface area (Å²) in [5.74, 6) is -13.4. The molecule has 166 valence electrons. The van der Waals surface area contributed by atoms with E-state index < -0.39 is 63.8 Å². The Morgan fingerprint density at radius 2 is 1.62 bits per heavy atom. The fourth-order valence-corrected chi connectivity index (χ4v) is 2.77. The van der Waals surface area contributed by atoms with Gasteiger partial charge < -0.3 is 9.73 Å². The number of amides is 1. The van der Waals surface area contributed by atoms with E-state index in [0.717, 1.165) is 6.26 Å². The summed E-state index contributed by atoms with van der Waals surface area (Å²) in [6, 6.07) is 3.23. The summed E-state index contributed by atoms with van der Waals surface area (Å²) in [7, 11) is 0. The van der Waals surface area contributed by atoms with E-state index in [9.17, 15) is 39.9 Å². The molecule has 0 unspecified atom stereocenters. The molecule has 1 N–H and O–H groups in total. The molecule has 0 bridgehead atoms. The molecule has 14 heteroatoms. The van der Waals surface area contributed by atoms with Gasteiger partial charge in [-0.2, -0.15) is 18.3 Å². The van der Waals surface area contributed by atoms with Gasteiger partial charge in [0.15, 0.2) is 40.4 Å². The second-order valence-corrected chi connectivity index (χ2v) is 6.19. The molecule has 0 saturated heterocycles. The fourth-order valence-electron chi connectivity index (χ4n) is 2.77. The highest BCUT2D eigenvalue weighted by Crippen LogP contribution is 2.33. The molecule has 4 rings (SSSR count). The Kier molecular flexibility index (Phi) is 4.86. The van der Waals surface area contributed by atoms with E-state index in [2.05, 4.69) is 10.1 Å². The Morgan fingerprint density at radius 3 is 2.19 bits per heavy atom. The Morgan fingerprint density at radius 1 is 1.00 bits per heavy atom. The van der Waals surface area contributed by atoms with Crippen LogP contribution in [0.5, 0.6) is 0 Å². The lowest BCUT2D eigenvalue weighted by Gasteiger charge is -2.11. The van der Waals surface area contributed by atoms with Crippen molar-refractivity contribution in [2.75, 3.05) is 5.32 Å². The van der Waals surface area contributed by atoms with E-state index in [1.165, 1.54) is 17.4 Å². The summed E-state index contributed by atoms with van der Waals surface area (Å²) in [5.41, 5.74) is -4.88. The van der Waals surface area contributed by atoms with Crippen molar-refractivity contribution in [3.63, 3.8) is 0 Å². The number of hydrogen-bond donors (Lipinski definition) is 1. The third kappa shape index (κ3) is 3.33. The minimum Gasteiger partial charge on any atom is -0.463 e. The van der Waals surface area contributed by atoms with Crippen LogP contribution in [0.25, 0.3) is 17.1 Å². The maximum Gasteiger partial charge on any atom is 0.433 e. The molecular formula is C18H6F8N4O2. The second-order valence-electron chi connectivity index (χ2n) is 6.19. The number of fused-ring (bicyclic) bond motifs is 1. The number of aromatic nitrogens is 3. The predicted molar refractivity (Wildman–Crippen MR) is 89.9 cm³/mol. The van der Waals surface area contributed by atoms with Crippen molar-refractivity contribution in [2.24, 2.45) is 0 Å². The van der Waals surface area contributed by atoms with E-state index >= 15 is 0 Å². The number of nitrogens with one attached hydrogen (secondary N) is 1. The molecule has 1 aromatic carbocycles. The standard InChI is InChI=1S/C18H6F8N4O2/c19-10-11(20)13(22)15(14(23)12(10)21)29-17(31)6-5-27-30-9(18(24,25)26)4-7(28-16(6)30)8-2-1-3-32-8/h1-5H,(H,29,31). The topological polar surface area (TPSA) is 72.4 Å². The number of benzene rings is 1. The maximum absolute atomic E-state index is 13.9. The van der Waals surface area contributed by atoms with Crippen molar-refractivity contribution in [2.45, 2.75) is 6.18 Å². The van der Waals surface area contributed by atoms with Gasteiger partial charge in [-0.05, 0) is 18.2 Å². The first kappa shape index (κ1) is 21.3. The van der Waals surface area contributed by atoms with Crippen LogP contribution in [0.4, 0.5) is 40.8 Å². The Bertz CT molecular complexity index is 1330. The van der Waals surface area contributed by atoms with Crippen LogP contribution in [0.1, 0.15) is 16.1 Å². The summed E-state index contributed by atoms with van der Waals surface area (Å²) in [5, 5.41) is 4.87. The lowest BCUT2D eigenvalue weighted by molar-refractivity contribution is -0.142. The van der Waals surface area contributed by atoms with Gasteiger partial charge in [-0.1, -0.05) is 0 Å². The van der Waals surface area contributed by atoms with Crippen molar-refractivity contribution < 1.29 is 44.3 Å². The number of nitrogens with zero attached hydrogens (tertiary/aromatic N) is 3. The number of alkyl halides is 3. The normalized spacial score (nSPS) is 11.9. The summed E-state index contributed by atoms with van der Waals surface area (Å²) in [6.45, 7) is 0. The van der Waals surface area contributed by atoms with Crippen LogP contribution in [0, 0.1) is 29.1 Å². The van der Waals surface area contributed by atoms with Gasteiger partial charge in [0, 0.05) is 0 Å². The maximum atomic E-state index is 13.9. The zero-order valence-corrected chi connectivity index (χ0v) is 15.1. The largest absolute Gasteiger partial charge is 0.463 e. The van der Waals surface area contributed by atoms with Gasteiger partial charge >= 0.3 is 6.18 Å². The third-order valence-electron chi connectivity index (χ3n) is 4.23. The number of carbonyl (C=O) groups is 1. The van der Waals surface area contributed by atoms with E-state index in [1.807, 2.05) is 0 Å². The Hall–Kier alpha value is -3.97. The van der Waals surface area contributed by atoms with Gasteiger partial charge in [0.1, 0.15) is 16.9 Å². The van der Waals surface area contributed by atoms with Crippen molar-refractivity contribution in [1.29, 1.82) is 0 Å². The minimum atomic E-state index is -4.97. The van der Waals surface area contributed by atoms with Gasteiger partial charge in [-0.25, -0.2) is 31.5 Å². The molecule has 4 aromatic rings. The average Bonchev–Trinajstić information content (AvgIpc) is 3.42. The molecule has 0 spiro atoms. The second kappa shape index (κ2) is 7.32. The van der Waals surface area contributed by atoms with Gasteiger partial charge in [0.05, 0.1) is 12.5 Å². The van der Waals surface area contributed by atoms with Crippen LogP contribution in [0.2, 0.25) is 0 Å². The highest BCUT2D eigenvalue weighted by atomic mass is 19.4. The van der Waals surface area contributed by atoms with Gasteiger partial charge in [0.25, 0.3) is 5.91 Å². The Balaban J connectivity index is 1.86. The van der Waals surface area contributed by atoms with E-state index in [4.69, 9.17) is 4.42 Å². The monoisotopic (exact) mass is 462 g/mol. The van der Waals surface area contributed by atoms with Crippen molar-refractivity contribution in [3.8, 4) is 11.5 Å². The number of furan rings is 1. The smallest absolute Gasteiger partial charge is 0.433 e. The summed E-state index contributed by atoms with van der Waals surface area (Å²) < 4.78 is 113. The minimum absolute atomic E-state index is 0.106. The van der Waals surface area contributed by atoms with Gasteiger partial charge in [-0.3, -0.25) is 4.79 Å². The Labute approximate surface area is 171 Å². The fraction of sp³-hybridized carbons (Fsp3) is 0.0556. The average molecular weight is 462 g/mol. The van der Waals surface area contributed by atoms with Crippen LogP contribution in [-0.2, 0) is 6.18 Å². The van der Waals surface area contributed by atoms with Crippen LogP contribution < -0.4 is 5.32 Å². The molecule has 32 heavy (non-hydrogen) atoms. The predicted octanol–water partition coefficient (Wildman–Crippen LogP) is 4.96. The molecule has 3 heterocycles. The molecule has 3 aromatic heterocycles. The SMILES string of the molecule is O=C(Nc1c(F)c(F)c(F)c(F)c1F)c1cnn2c(C(F)(F)F)cc(-c3ccco3)nc12. The van der Waals surface area contributed by atoms with Crippen molar-refractivity contribution in [3.05, 3.63) is 71.0 Å². The van der Waals surface area contributed by atoms with Crippen molar-refractivity contribution >= 4 is 17.2 Å². The molecule has 0 saturated carbocycles. The number of anilines is 1. The zero-order chi connectivity index (χ0) is 23.4. The van der Waals surface area contributed by atoms with Crippen LogP contribution in [0.3, 0.4) is 0 Å². The zero-order valence-electron chi connectivity index (χ0n) is 15.1. The summed E-state index contributed by atoms with van der Waals surface area (Å²) in [6.07, 6.45) is -3.23.